The molecule has 2 saturated heterocycles. The van der Waals surface area contributed by atoms with Crippen LogP contribution in [-0.2, 0) is 14.3 Å². The van der Waals surface area contributed by atoms with E-state index in [2.05, 4.69) is 14.9 Å². The van der Waals surface area contributed by atoms with Crippen LogP contribution in [0.4, 0.5) is 5.82 Å². The van der Waals surface area contributed by atoms with Gasteiger partial charge in [-0.2, -0.15) is 0 Å². The summed E-state index contributed by atoms with van der Waals surface area (Å²) < 4.78 is 5.18. The summed E-state index contributed by atoms with van der Waals surface area (Å²) in [5.41, 5.74) is 1.93. The number of likely N-dealkylation sites (tertiary alicyclic amines) is 1. The van der Waals surface area contributed by atoms with Gasteiger partial charge in [-0.05, 0) is 32.6 Å². The Morgan fingerprint density at radius 2 is 1.81 bits per heavy atom. The molecule has 2 aliphatic rings. The number of benzene rings is 1. The fourth-order valence-electron chi connectivity index (χ4n) is 4.56. The van der Waals surface area contributed by atoms with E-state index in [0.717, 1.165) is 55.8 Å². The van der Waals surface area contributed by atoms with Crippen LogP contribution in [0.15, 0.2) is 42.7 Å². The van der Waals surface area contributed by atoms with Crippen LogP contribution in [0.1, 0.15) is 32.6 Å². The van der Waals surface area contributed by atoms with Crippen LogP contribution in [0.5, 0.6) is 0 Å². The van der Waals surface area contributed by atoms with Crippen molar-refractivity contribution in [2.75, 3.05) is 37.7 Å². The monoisotopic (exact) mass is 422 g/mol. The maximum atomic E-state index is 13.3. The minimum absolute atomic E-state index is 0.0789. The molecule has 0 radical (unpaired) electrons. The zero-order valence-electron chi connectivity index (χ0n) is 18.1. The van der Waals surface area contributed by atoms with Gasteiger partial charge in [0.1, 0.15) is 12.1 Å². The van der Waals surface area contributed by atoms with Crippen LogP contribution in [0.25, 0.3) is 11.3 Å². The van der Waals surface area contributed by atoms with Crippen molar-refractivity contribution in [3.05, 3.63) is 42.7 Å². The van der Waals surface area contributed by atoms with Crippen molar-refractivity contribution in [1.82, 2.24) is 14.9 Å². The third-order valence-corrected chi connectivity index (χ3v) is 6.17. The molecule has 0 N–H and O–H groups in total. The molecule has 1 aromatic heterocycles. The zero-order valence-corrected chi connectivity index (χ0v) is 18.1. The van der Waals surface area contributed by atoms with Gasteiger partial charge in [-0.25, -0.2) is 9.97 Å². The molecule has 1 amide bonds. The van der Waals surface area contributed by atoms with Crippen LogP contribution in [0.2, 0.25) is 0 Å². The Hall–Kier alpha value is -2.96. The molecule has 1 aromatic carbocycles. The summed E-state index contributed by atoms with van der Waals surface area (Å²) >= 11 is 0. The Morgan fingerprint density at radius 3 is 2.61 bits per heavy atom. The molecule has 7 nitrogen and oxygen atoms in total. The van der Waals surface area contributed by atoms with Gasteiger partial charge in [-0.15, -0.1) is 0 Å². The topological polar surface area (TPSA) is 75.6 Å². The maximum absolute atomic E-state index is 13.3. The maximum Gasteiger partial charge on any atom is 0.310 e. The largest absolute Gasteiger partial charge is 0.466 e. The number of ether oxygens (including phenoxy) is 1. The minimum Gasteiger partial charge on any atom is -0.466 e. The van der Waals surface area contributed by atoms with E-state index in [0.29, 0.717) is 19.7 Å². The summed E-state index contributed by atoms with van der Waals surface area (Å²) in [4.78, 5) is 38.4. The minimum atomic E-state index is -0.201. The number of carbonyl (C=O) groups is 2. The first-order valence-electron chi connectivity index (χ1n) is 11.2. The summed E-state index contributed by atoms with van der Waals surface area (Å²) in [5.74, 6) is 0.544. The van der Waals surface area contributed by atoms with E-state index in [-0.39, 0.29) is 23.7 Å². The average Bonchev–Trinajstić information content (AvgIpc) is 2.84. The smallest absolute Gasteiger partial charge is 0.310 e. The quantitative estimate of drug-likeness (QED) is 0.689. The van der Waals surface area contributed by atoms with Crippen molar-refractivity contribution in [3.63, 3.8) is 0 Å². The van der Waals surface area contributed by atoms with Crippen molar-refractivity contribution < 1.29 is 14.3 Å². The van der Waals surface area contributed by atoms with Crippen LogP contribution in [0.3, 0.4) is 0 Å². The number of nitrogens with zero attached hydrogens (tertiary/aromatic N) is 4. The fourth-order valence-corrected chi connectivity index (χ4v) is 4.56. The third-order valence-electron chi connectivity index (χ3n) is 6.17. The van der Waals surface area contributed by atoms with Gasteiger partial charge in [0.15, 0.2) is 0 Å². The molecular formula is C24H30N4O3. The molecule has 0 saturated carbocycles. The lowest BCUT2D eigenvalue weighted by molar-refractivity contribution is -0.152. The van der Waals surface area contributed by atoms with Gasteiger partial charge < -0.3 is 14.5 Å². The van der Waals surface area contributed by atoms with Crippen molar-refractivity contribution in [1.29, 1.82) is 0 Å². The molecule has 0 bridgehead atoms. The molecule has 3 heterocycles. The number of hydrogen-bond acceptors (Lipinski definition) is 6. The number of amides is 1. The van der Waals surface area contributed by atoms with Crippen molar-refractivity contribution in [2.24, 2.45) is 11.8 Å². The van der Waals surface area contributed by atoms with Gasteiger partial charge in [-0.3, -0.25) is 9.59 Å². The standard InChI is InChI=1S/C24H30N4O3/c1-2-31-24(30)20-11-7-13-28(16-20)23(29)19-10-6-12-27(15-19)22-14-21(25-17-26-22)18-8-4-3-5-9-18/h3-5,8-9,14,17,19-20H,2,6-7,10-13,15-16H2,1H3. The number of aromatic nitrogens is 2. The zero-order chi connectivity index (χ0) is 21.6. The molecule has 31 heavy (non-hydrogen) atoms. The third kappa shape index (κ3) is 5.03. The fraction of sp³-hybridized carbons (Fsp3) is 0.500. The first-order chi connectivity index (χ1) is 15.2. The van der Waals surface area contributed by atoms with Crippen molar-refractivity contribution in [2.45, 2.75) is 32.6 Å². The van der Waals surface area contributed by atoms with Crippen LogP contribution < -0.4 is 4.90 Å². The van der Waals surface area contributed by atoms with Crippen LogP contribution in [-0.4, -0.2) is 59.5 Å². The lowest BCUT2D eigenvalue weighted by Gasteiger charge is -2.38. The number of esters is 1. The summed E-state index contributed by atoms with van der Waals surface area (Å²) in [6, 6.07) is 12.0. The Kier molecular flexibility index (Phi) is 6.79. The van der Waals surface area contributed by atoms with E-state index in [9.17, 15) is 9.59 Å². The average molecular weight is 423 g/mol. The van der Waals surface area contributed by atoms with Gasteiger partial charge in [0.2, 0.25) is 5.91 Å². The van der Waals surface area contributed by atoms with E-state index in [1.165, 1.54) is 0 Å². The molecule has 2 atom stereocenters. The predicted octanol–water partition coefficient (Wildman–Crippen LogP) is 3.16. The van der Waals surface area contributed by atoms with Gasteiger partial charge in [0, 0.05) is 37.8 Å². The molecule has 2 fully saturated rings. The highest BCUT2D eigenvalue weighted by Crippen LogP contribution is 2.27. The van der Waals surface area contributed by atoms with Crippen molar-refractivity contribution >= 4 is 17.7 Å². The Balaban J connectivity index is 1.43. The van der Waals surface area contributed by atoms with Crippen molar-refractivity contribution in [3.8, 4) is 11.3 Å². The first-order valence-corrected chi connectivity index (χ1v) is 11.2. The SMILES string of the molecule is CCOC(=O)C1CCCN(C(=O)C2CCCN(c3cc(-c4ccccc4)ncn3)C2)C1. The molecular weight excluding hydrogens is 392 g/mol. The van der Waals surface area contributed by atoms with E-state index in [4.69, 9.17) is 4.74 Å². The Bertz CT molecular complexity index is 905. The highest BCUT2D eigenvalue weighted by atomic mass is 16.5. The molecule has 4 rings (SSSR count). The Morgan fingerprint density at radius 1 is 1.03 bits per heavy atom. The van der Waals surface area contributed by atoms with E-state index >= 15 is 0 Å². The number of piperidine rings is 2. The van der Waals surface area contributed by atoms with E-state index in [1.807, 2.05) is 48.2 Å². The highest BCUT2D eigenvalue weighted by molar-refractivity contribution is 5.81. The summed E-state index contributed by atoms with van der Waals surface area (Å²) in [5, 5.41) is 0. The van der Waals surface area contributed by atoms with Gasteiger partial charge >= 0.3 is 5.97 Å². The second-order valence-electron chi connectivity index (χ2n) is 8.29. The summed E-state index contributed by atoms with van der Waals surface area (Å²) in [7, 11) is 0. The normalized spacial score (nSPS) is 21.6. The van der Waals surface area contributed by atoms with Gasteiger partial charge in [-0.1, -0.05) is 30.3 Å². The highest BCUT2D eigenvalue weighted by Gasteiger charge is 2.34. The number of anilines is 1. The molecule has 2 aromatic rings. The molecule has 2 aliphatic heterocycles. The molecule has 0 spiro atoms. The lowest BCUT2D eigenvalue weighted by Crippen LogP contribution is -2.49. The van der Waals surface area contributed by atoms with Crippen LogP contribution in [0, 0.1) is 11.8 Å². The number of rotatable bonds is 5. The van der Waals surface area contributed by atoms with Crippen LogP contribution >= 0.6 is 0 Å². The Labute approximate surface area is 183 Å². The lowest BCUT2D eigenvalue weighted by atomic mass is 9.93. The van der Waals surface area contributed by atoms with E-state index < -0.39 is 0 Å². The first kappa shape index (κ1) is 21.3. The van der Waals surface area contributed by atoms with E-state index in [1.54, 1.807) is 6.33 Å². The second-order valence-corrected chi connectivity index (χ2v) is 8.29. The van der Waals surface area contributed by atoms with Gasteiger partial charge in [0.05, 0.1) is 24.1 Å². The predicted molar refractivity (Wildman–Crippen MR) is 118 cm³/mol. The molecule has 2 unspecified atom stereocenters. The summed E-state index contributed by atoms with van der Waals surface area (Å²) in [6.07, 6.45) is 5.04. The van der Waals surface area contributed by atoms with Gasteiger partial charge in [0.25, 0.3) is 0 Å². The summed E-state index contributed by atoms with van der Waals surface area (Å²) in [6.45, 7) is 4.91. The molecule has 164 valence electrons. The molecule has 0 aliphatic carbocycles. The number of carbonyl (C=O) groups excluding carboxylic acids is 2. The number of hydrogen-bond donors (Lipinski definition) is 0. The molecule has 7 heteroatoms. The second kappa shape index (κ2) is 9.90.